The molecule has 1 rings (SSSR count). The van der Waals surface area contributed by atoms with Crippen LogP contribution in [0, 0.1) is 0 Å². The second-order valence-electron chi connectivity index (χ2n) is 6.28. The van der Waals surface area contributed by atoms with Gasteiger partial charge in [0.05, 0.1) is 0 Å². The highest BCUT2D eigenvalue weighted by Crippen LogP contribution is 2.08. The van der Waals surface area contributed by atoms with E-state index in [1.807, 2.05) is 10.9 Å². The van der Waals surface area contributed by atoms with Crippen molar-refractivity contribution in [3.05, 3.63) is 35.4 Å². The second-order valence-corrected chi connectivity index (χ2v) is 6.28. The van der Waals surface area contributed by atoms with Crippen LogP contribution in [-0.2, 0) is 9.59 Å². The summed E-state index contributed by atoms with van der Waals surface area (Å²) >= 11 is 0. The topological polar surface area (TPSA) is 220 Å². The molecule has 12 nitrogen and oxygen atoms in total. The first-order valence-corrected chi connectivity index (χ1v) is 9.50. The molecule has 12 N–H and O–H groups in total. The highest BCUT2D eigenvalue weighted by Gasteiger charge is 2.07. The number of nitrogens with one attached hydrogen (secondary N) is 4. The average molecular weight is 425 g/mol. The Morgan fingerprint density at radius 1 is 0.600 bits per heavy atom. The summed E-state index contributed by atoms with van der Waals surface area (Å²) in [5.74, 6) is 18.6. The zero-order chi connectivity index (χ0) is 22.8. The predicted octanol–water partition coefficient (Wildman–Crippen LogP) is -1.02. The molecule has 0 unspecified atom stereocenters. The molecule has 0 aliphatic rings. The highest BCUT2D eigenvalue weighted by atomic mass is 16.2. The predicted molar refractivity (Wildman–Crippen MR) is 111 cm³/mol. The van der Waals surface area contributed by atoms with E-state index in [0.717, 1.165) is 38.5 Å². The Balaban J connectivity index is 0.000000564. The van der Waals surface area contributed by atoms with Crippen LogP contribution in [0.5, 0.6) is 0 Å². The van der Waals surface area contributed by atoms with Crippen molar-refractivity contribution in [3.8, 4) is 0 Å². The third-order valence-electron chi connectivity index (χ3n) is 4.03. The molecule has 1 aromatic carbocycles. The lowest BCUT2D eigenvalue weighted by Crippen LogP contribution is -2.32. The average Bonchev–Trinajstić information content (AvgIpc) is 2.79. The first-order valence-electron chi connectivity index (χ1n) is 9.50. The number of hydrazine groups is 4. The van der Waals surface area contributed by atoms with Crippen LogP contribution in [0.25, 0.3) is 0 Å². The minimum Gasteiger partial charge on any atom is -0.294 e. The van der Waals surface area contributed by atoms with E-state index >= 15 is 0 Å². The van der Waals surface area contributed by atoms with E-state index in [2.05, 4.69) is 10.9 Å². The van der Waals surface area contributed by atoms with Crippen molar-refractivity contribution in [3.63, 3.8) is 0 Å². The maximum atomic E-state index is 11.1. The van der Waals surface area contributed by atoms with Crippen LogP contribution in [0.2, 0.25) is 0 Å². The number of nitrogens with two attached hydrogens (primary N) is 4. The molecule has 0 heterocycles. The van der Waals surface area contributed by atoms with Crippen LogP contribution in [0.1, 0.15) is 72.1 Å². The molecule has 0 aliphatic carbocycles. The van der Waals surface area contributed by atoms with Crippen LogP contribution in [0.15, 0.2) is 24.3 Å². The quantitative estimate of drug-likeness (QED) is 0.0948. The maximum absolute atomic E-state index is 11.1. The lowest BCUT2D eigenvalue weighted by Gasteiger charge is -2.02. The summed E-state index contributed by atoms with van der Waals surface area (Å²) in [6.45, 7) is 0. The maximum Gasteiger partial charge on any atom is 0.265 e. The molecule has 0 bridgehead atoms. The summed E-state index contributed by atoms with van der Waals surface area (Å²) in [4.78, 5) is 43.7. The van der Waals surface area contributed by atoms with Gasteiger partial charge in [0.2, 0.25) is 11.8 Å². The van der Waals surface area contributed by atoms with Crippen LogP contribution in [-0.4, -0.2) is 23.6 Å². The lowest BCUT2D eigenvalue weighted by molar-refractivity contribution is -0.122. The number of carbonyl (C=O) groups excluding carboxylic acids is 4. The molecule has 0 saturated heterocycles. The third-order valence-corrected chi connectivity index (χ3v) is 4.03. The molecule has 1 aromatic rings. The van der Waals surface area contributed by atoms with Crippen molar-refractivity contribution < 1.29 is 19.2 Å². The van der Waals surface area contributed by atoms with E-state index in [0.29, 0.717) is 24.0 Å². The van der Waals surface area contributed by atoms with Crippen LogP contribution < -0.4 is 45.1 Å². The van der Waals surface area contributed by atoms with Crippen molar-refractivity contribution in [2.45, 2.75) is 51.4 Å². The van der Waals surface area contributed by atoms with Crippen LogP contribution >= 0.6 is 0 Å². The number of unbranched alkanes of at least 4 members (excludes halogenated alkanes) is 5. The molecule has 0 atom stereocenters. The molecule has 30 heavy (non-hydrogen) atoms. The Labute approximate surface area is 175 Å². The van der Waals surface area contributed by atoms with Gasteiger partial charge in [0.1, 0.15) is 0 Å². The molecule has 168 valence electrons. The number of nitrogen functional groups attached to an aromatic ring is 2. The van der Waals surface area contributed by atoms with Gasteiger partial charge in [-0.1, -0.05) is 31.7 Å². The summed E-state index contributed by atoms with van der Waals surface area (Å²) in [6.07, 6.45) is 6.94. The van der Waals surface area contributed by atoms with Gasteiger partial charge in [0.25, 0.3) is 11.8 Å². The Kier molecular flexibility index (Phi) is 15.1. The Bertz CT molecular complexity index is 631. The highest BCUT2D eigenvalue weighted by molar-refractivity contribution is 5.99. The molecule has 0 fully saturated rings. The van der Waals surface area contributed by atoms with Gasteiger partial charge < -0.3 is 0 Å². The molecule has 0 aliphatic heterocycles. The first kappa shape index (κ1) is 26.9. The zero-order valence-corrected chi connectivity index (χ0v) is 16.9. The van der Waals surface area contributed by atoms with Crippen molar-refractivity contribution in [1.82, 2.24) is 21.7 Å². The lowest BCUT2D eigenvalue weighted by atomic mass is 10.1. The fourth-order valence-electron chi connectivity index (χ4n) is 2.39. The van der Waals surface area contributed by atoms with Gasteiger partial charge in [-0.05, 0) is 31.0 Å². The van der Waals surface area contributed by atoms with Gasteiger partial charge in [0, 0.05) is 24.0 Å². The van der Waals surface area contributed by atoms with Crippen LogP contribution in [0.4, 0.5) is 0 Å². The molecular formula is C18H32N8O4. The summed E-state index contributed by atoms with van der Waals surface area (Å²) in [7, 11) is 0. The van der Waals surface area contributed by atoms with Crippen molar-refractivity contribution in [2.75, 3.05) is 0 Å². The minimum absolute atomic E-state index is 0.111. The first-order chi connectivity index (χ1) is 14.4. The molecule has 4 amide bonds. The minimum atomic E-state index is -0.461. The van der Waals surface area contributed by atoms with Gasteiger partial charge in [-0.25, -0.2) is 23.4 Å². The molecule has 12 heteroatoms. The molecule has 0 saturated carbocycles. The second kappa shape index (κ2) is 16.9. The van der Waals surface area contributed by atoms with Crippen molar-refractivity contribution in [2.24, 2.45) is 23.4 Å². The molecular weight excluding hydrogens is 392 g/mol. The van der Waals surface area contributed by atoms with Gasteiger partial charge in [0.15, 0.2) is 0 Å². The van der Waals surface area contributed by atoms with Crippen molar-refractivity contribution in [1.29, 1.82) is 0 Å². The SMILES string of the molecule is NNC(=O)CCCCCCCCC(=O)NN.NNC(=O)c1cccc(C(=O)NN)c1. The standard InChI is InChI=1S/C10H22N4O2.C8H10N4O2/c11-13-9(15)7-5-3-1-2-4-6-8-10(16)14-12;9-11-7(13)5-2-1-3-6(4-5)8(14)12-10/h1-8,11-12H2,(H,13,15)(H,14,16);1-4H,9-10H2,(H,11,13)(H,12,14). The van der Waals surface area contributed by atoms with E-state index in [1.54, 1.807) is 6.07 Å². The Hall–Kier alpha value is -3.06. The fourth-order valence-corrected chi connectivity index (χ4v) is 2.39. The number of amides is 4. The number of hydrogen-bond donors (Lipinski definition) is 8. The number of carbonyl (C=O) groups is 4. The van der Waals surface area contributed by atoms with E-state index in [-0.39, 0.29) is 11.8 Å². The Morgan fingerprint density at radius 2 is 0.967 bits per heavy atom. The monoisotopic (exact) mass is 424 g/mol. The van der Waals surface area contributed by atoms with Gasteiger partial charge in [-0.2, -0.15) is 0 Å². The largest absolute Gasteiger partial charge is 0.294 e. The summed E-state index contributed by atoms with van der Waals surface area (Å²) in [5.41, 5.74) is 8.73. The Morgan fingerprint density at radius 3 is 1.30 bits per heavy atom. The number of rotatable bonds is 11. The van der Waals surface area contributed by atoms with E-state index in [1.165, 1.54) is 18.2 Å². The van der Waals surface area contributed by atoms with Gasteiger partial charge >= 0.3 is 0 Å². The molecule has 0 radical (unpaired) electrons. The van der Waals surface area contributed by atoms with Crippen molar-refractivity contribution >= 4 is 23.6 Å². The third kappa shape index (κ3) is 12.4. The molecule has 0 aromatic heterocycles. The summed E-state index contributed by atoms with van der Waals surface area (Å²) in [5, 5.41) is 0. The van der Waals surface area contributed by atoms with Gasteiger partial charge in [-0.3, -0.25) is 40.9 Å². The summed E-state index contributed by atoms with van der Waals surface area (Å²) in [6, 6.07) is 6.03. The zero-order valence-electron chi connectivity index (χ0n) is 16.9. The fraction of sp³-hybridized carbons (Fsp3) is 0.444. The van der Waals surface area contributed by atoms with Gasteiger partial charge in [-0.15, -0.1) is 0 Å². The number of hydrogen-bond acceptors (Lipinski definition) is 8. The normalized spacial score (nSPS) is 9.60. The van der Waals surface area contributed by atoms with E-state index in [9.17, 15) is 19.2 Å². The van der Waals surface area contributed by atoms with E-state index < -0.39 is 11.8 Å². The van der Waals surface area contributed by atoms with Crippen LogP contribution in [0.3, 0.4) is 0 Å². The van der Waals surface area contributed by atoms with E-state index in [4.69, 9.17) is 23.4 Å². The number of benzene rings is 1. The summed E-state index contributed by atoms with van der Waals surface area (Å²) < 4.78 is 0. The molecule has 0 spiro atoms. The smallest absolute Gasteiger partial charge is 0.265 e.